The van der Waals surface area contributed by atoms with Gasteiger partial charge in [0.25, 0.3) is 0 Å². The fraction of sp³-hybridized carbons (Fsp3) is 0.250. The number of benzene rings is 2. The number of rotatable bonds is 0. The third-order valence-corrected chi connectivity index (χ3v) is 3.70. The molecule has 0 spiro atoms. The van der Waals surface area contributed by atoms with E-state index >= 15 is 0 Å². The maximum atomic E-state index is 2.36. The summed E-state index contributed by atoms with van der Waals surface area (Å²) in [5.41, 5.74) is 8.86. The first-order valence-electron chi connectivity index (χ1n) is 5.90. The van der Waals surface area contributed by atoms with E-state index in [1.807, 2.05) is 0 Å². The summed E-state index contributed by atoms with van der Waals surface area (Å²) < 4.78 is 0. The van der Waals surface area contributed by atoms with Crippen molar-refractivity contribution in [2.75, 3.05) is 0 Å². The molecule has 16 heavy (non-hydrogen) atoms. The predicted molar refractivity (Wildman–Crippen MR) is 68.0 cm³/mol. The van der Waals surface area contributed by atoms with Crippen LogP contribution in [0.5, 0.6) is 0 Å². The van der Waals surface area contributed by atoms with Crippen molar-refractivity contribution in [2.45, 2.75) is 26.7 Å². The Bertz CT molecular complexity index is 500. The lowest BCUT2D eigenvalue weighted by atomic mass is 9.84. The van der Waals surface area contributed by atoms with Crippen molar-refractivity contribution in [3.8, 4) is 0 Å². The van der Waals surface area contributed by atoms with Gasteiger partial charge in [0, 0.05) is 0 Å². The third-order valence-electron chi connectivity index (χ3n) is 3.70. The Morgan fingerprint density at radius 2 is 1.12 bits per heavy atom. The van der Waals surface area contributed by atoms with Gasteiger partial charge in [-0.1, -0.05) is 36.4 Å². The third kappa shape index (κ3) is 1.46. The van der Waals surface area contributed by atoms with Gasteiger partial charge in [-0.25, -0.2) is 0 Å². The van der Waals surface area contributed by atoms with Gasteiger partial charge >= 0.3 is 0 Å². The molecular formula is C16H16. The van der Waals surface area contributed by atoms with Crippen molar-refractivity contribution < 1.29 is 0 Å². The summed E-state index contributed by atoms with van der Waals surface area (Å²) in [6.07, 6.45) is 2.21. The van der Waals surface area contributed by atoms with E-state index in [-0.39, 0.29) is 0 Å². The molecule has 80 valence electrons. The second-order valence-electron chi connectivity index (χ2n) is 4.83. The summed E-state index contributed by atoms with van der Waals surface area (Å²) in [5, 5.41) is 0. The number of hydrogen-bond donors (Lipinski definition) is 0. The number of aryl methyl sites for hydroxylation is 2. The van der Waals surface area contributed by atoms with Gasteiger partial charge in [-0.05, 0) is 60.1 Å². The molecule has 0 nitrogen and oxygen atoms in total. The van der Waals surface area contributed by atoms with Crippen LogP contribution in [0.3, 0.4) is 0 Å². The molecule has 0 heteroatoms. The predicted octanol–water partition coefficient (Wildman–Crippen LogP) is 3.80. The standard InChI is InChI=1S/C16H16/c1-11-7-15-9-13-5-3-4-6-14(13)10-16(15)8-12(11)2/h3-8H,9-10H2,1-2H3. The Morgan fingerprint density at radius 3 is 1.56 bits per heavy atom. The minimum Gasteiger partial charge on any atom is -0.0620 e. The monoisotopic (exact) mass is 208 g/mol. The maximum absolute atomic E-state index is 2.36. The second kappa shape index (κ2) is 3.48. The van der Waals surface area contributed by atoms with Crippen LogP contribution in [0.2, 0.25) is 0 Å². The zero-order chi connectivity index (χ0) is 11.1. The molecule has 2 aromatic carbocycles. The molecule has 0 saturated heterocycles. The zero-order valence-electron chi connectivity index (χ0n) is 9.88. The highest BCUT2D eigenvalue weighted by Crippen LogP contribution is 2.28. The largest absolute Gasteiger partial charge is 0.0620 e. The molecule has 1 aliphatic rings. The Morgan fingerprint density at radius 1 is 0.688 bits per heavy atom. The average molecular weight is 208 g/mol. The molecule has 0 radical (unpaired) electrons. The molecule has 2 aromatic rings. The van der Waals surface area contributed by atoms with Crippen LogP contribution in [-0.4, -0.2) is 0 Å². The minimum absolute atomic E-state index is 1.10. The molecule has 0 amide bonds. The van der Waals surface area contributed by atoms with Gasteiger partial charge in [0.2, 0.25) is 0 Å². The molecular weight excluding hydrogens is 192 g/mol. The van der Waals surface area contributed by atoms with E-state index in [1.54, 1.807) is 0 Å². The van der Waals surface area contributed by atoms with Crippen molar-refractivity contribution in [3.05, 3.63) is 69.8 Å². The van der Waals surface area contributed by atoms with Gasteiger partial charge in [-0.2, -0.15) is 0 Å². The van der Waals surface area contributed by atoms with E-state index < -0.39 is 0 Å². The summed E-state index contributed by atoms with van der Waals surface area (Å²) in [5.74, 6) is 0. The minimum atomic E-state index is 1.10. The van der Waals surface area contributed by atoms with Gasteiger partial charge < -0.3 is 0 Å². The molecule has 0 unspecified atom stereocenters. The summed E-state index contributed by atoms with van der Waals surface area (Å²) >= 11 is 0. The van der Waals surface area contributed by atoms with E-state index in [0.717, 1.165) is 12.8 Å². The molecule has 0 aliphatic heterocycles. The normalized spacial score (nSPS) is 13.1. The van der Waals surface area contributed by atoms with E-state index in [0.29, 0.717) is 0 Å². The number of fused-ring (bicyclic) bond motifs is 2. The molecule has 0 N–H and O–H groups in total. The maximum Gasteiger partial charge on any atom is -0.00200 e. The zero-order valence-corrected chi connectivity index (χ0v) is 9.88. The van der Waals surface area contributed by atoms with Crippen molar-refractivity contribution in [1.82, 2.24) is 0 Å². The first-order valence-corrected chi connectivity index (χ1v) is 5.90. The van der Waals surface area contributed by atoms with Gasteiger partial charge in [0.1, 0.15) is 0 Å². The van der Waals surface area contributed by atoms with Crippen LogP contribution in [0.15, 0.2) is 36.4 Å². The molecule has 0 aromatic heterocycles. The molecule has 0 atom stereocenters. The van der Waals surface area contributed by atoms with Crippen molar-refractivity contribution in [3.63, 3.8) is 0 Å². The van der Waals surface area contributed by atoms with E-state index in [9.17, 15) is 0 Å². The van der Waals surface area contributed by atoms with Gasteiger partial charge in [-0.3, -0.25) is 0 Å². The van der Waals surface area contributed by atoms with E-state index in [4.69, 9.17) is 0 Å². The first kappa shape index (κ1) is 9.65. The van der Waals surface area contributed by atoms with E-state index in [2.05, 4.69) is 50.2 Å². The average Bonchev–Trinajstić information content (AvgIpc) is 2.28. The van der Waals surface area contributed by atoms with Crippen molar-refractivity contribution in [1.29, 1.82) is 0 Å². The Kier molecular flexibility index (Phi) is 2.10. The second-order valence-corrected chi connectivity index (χ2v) is 4.83. The molecule has 0 heterocycles. The highest BCUT2D eigenvalue weighted by Gasteiger charge is 2.15. The first-order chi connectivity index (χ1) is 7.74. The smallest absolute Gasteiger partial charge is 0.00200 e. The summed E-state index contributed by atoms with van der Waals surface area (Å²) in [7, 11) is 0. The molecule has 0 bridgehead atoms. The van der Waals surface area contributed by atoms with E-state index in [1.165, 1.54) is 33.4 Å². The highest BCUT2D eigenvalue weighted by atomic mass is 14.2. The van der Waals surface area contributed by atoms with Crippen LogP contribution in [0, 0.1) is 13.8 Å². The van der Waals surface area contributed by atoms with Crippen LogP contribution in [0.1, 0.15) is 33.4 Å². The quantitative estimate of drug-likeness (QED) is 0.527. The lowest BCUT2D eigenvalue weighted by molar-refractivity contribution is 0.991. The van der Waals surface area contributed by atoms with Crippen LogP contribution in [0.25, 0.3) is 0 Å². The molecule has 3 rings (SSSR count). The molecule has 0 saturated carbocycles. The fourth-order valence-electron chi connectivity index (χ4n) is 2.58. The van der Waals surface area contributed by atoms with Gasteiger partial charge in [-0.15, -0.1) is 0 Å². The summed E-state index contributed by atoms with van der Waals surface area (Å²) in [4.78, 5) is 0. The van der Waals surface area contributed by atoms with Crippen LogP contribution in [-0.2, 0) is 12.8 Å². The van der Waals surface area contributed by atoms with Gasteiger partial charge in [0.05, 0.1) is 0 Å². The van der Waals surface area contributed by atoms with Crippen LogP contribution < -0.4 is 0 Å². The topological polar surface area (TPSA) is 0 Å². The lowest BCUT2D eigenvalue weighted by Gasteiger charge is -2.21. The summed E-state index contributed by atoms with van der Waals surface area (Å²) in [6.45, 7) is 4.41. The van der Waals surface area contributed by atoms with Crippen LogP contribution in [0.4, 0.5) is 0 Å². The van der Waals surface area contributed by atoms with Crippen molar-refractivity contribution >= 4 is 0 Å². The lowest BCUT2D eigenvalue weighted by Crippen LogP contribution is -2.08. The van der Waals surface area contributed by atoms with Crippen molar-refractivity contribution in [2.24, 2.45) is 0 Å². The Hall–Kier alpha value is -1.56. The highest BCUT2D eigenvalue weighted by molar-refractivity contribution is 5.48. The fourth-order valence-corrected chi connectivity index (χ4v) is 2.58. The SMILES string of the molecule is Cc1cc2c(cc1C)Cc1ccccc1C2. The Labute approximate surface area is 96.9 Å². The Balaban J connectivity index is 2.12. The number of hydrogen-bond acceptors (Lipinski definition) is 0. The molecule has 0 fully saturated rings. The summed E-state index contributed by atoms with van der Waals surface area (Å²) in [6, 6.07) is 13.5. The van der Waals surface area contributed by atoms with Gasteiger partial charge in [0.15, 0.2) is 0 Å². The van der Waals surface area contributed by atoms with Crippen LogP contribution >= 0.6 is 0 Å². The molecule has 1 aliphatic carbocycles.